The minimum Gasteiger partial charge on any atom is -0.324 e. The first kappa shape index (κ1) is 13.9. The van der Waals surface area contributed by atoms with Crippen LogP contribution in [0.5, 0.6) is 0 Å². The number of aryl methyl sites for hydroxylation is 1. The minimum atomic E-state index is 0.147. The maximum atomic E-state index is 6.50. The van der Waals surface area contributed by atoms with E-state index in [0.29, 0.717) is 5.92 Å². The van der Waals surface area contributed by atoms with Crippen molar-refractivity contribution in [3.8, 4) is 0 Å². The van der Waals surface area contributed by atoms with Crippen LogP contribution in [0.15, 0.2) is 18.2 Å². The zero-order chi connectivity index (χ0) is 13.1. The van der Waals surface area contributed by atoms with Gasteiger partial charge in [-0.15, -0.1) is 0 Å². The van der Waals surface area contributed by atoms with Crippen LogP contribution >= 0.6 is 11.6 Å². The third kappa shape index (κ3) is 2.89. The van der Waals surface area contributed by atoms with Gasteiger partial charge in [0.05, 0.1) is 0 Å². The molecule has 1 aliphatic carbocycles. The quantitative estimate of drug-likeness (QED) is 0.829. The van der Waals surface area contributed by atoms with Gasteiger partial charge in [0.2, 0.25) is 0 Å². The van der Waals surface area contributed by atoms with E-state index >= 15 is 0 Å². The molecule has 1 aromatic carbocycles. The van der Waals surface area contributed by atoms with Crippen LogP contribution in [-0.2, 0) is 0 Å². The summed E-state index contributed by atoms with van der Waals surface area (Å²) in [6, 6.07) is 6.44. The van der Waals surface area contributed by atoms with Crippen molar-refractivity contribution in [2.24, 2.45) is 17.6 Å². The van der Waals surface area contributed by atoms with Crippen molar-refractivity contribution in [2.75, 3.05) is 0 Å². The van der Waals surface area contributed by atoms with Crippen LogP contribution in [-0.4, -0.2) is 0 Å². The van der Waals surface area contributed by atoms with Crippen LogP contribution in [0.4, 0.5) is 0 Å². The van der Waals surface area contributed by atoms with Gasteiger partial charge in [-0.2, -0.15) is 0 Å². The number of nitrogens with two attached hydrogens (primary N) is 1. The van der Waals surface area contributed by atoms with E-state index in [9.17, 15) is 0 Å². The molecule has 0 heterocycles. The number of hydrogen-bond acceptors (Lipinski definition) is 1. The molecule has 0 radical (unpaired) electrons. The third-order valence-electron chi connectivity index (χ3n) is 4.53. The van der Waals surface area contributed by atoms with Crippen LogP contribution in [0.1, 0.15) is 56.2 Å². The van der Waals surface area contributed by atoms with Crippen LogP contribution in [0.3, 0.4) is 0 Å². The smallest absolute Gasteiger partial charge is 0.0438 e. The van der Waals surface area contributed by atoms with E-state index in [1.807, 2.05) is 6.92 Å². The van der Waals surface area contributed by atoms with Crippen LogP contribution in [0.2, 0.25) is 5.02 Å². The van der Waals surface area contributed by atoms with Crippen molar-refractivity contribution in [3.05, 3.63) is 34.3 Å². The molecule has 0 spiro atoms. The highest BCUT2D eigenvalue weighted by Crippen LogP contribution is 2.39. The predicted octanol–water partition coefficient (Wildman–Crippen LogP) is 4.86. The lowest BCUT2D eigenvalue weighted by Gasteiger charge is -2.35. The molecule has 1 fully saturated rings. The van der Waals surface area contributed by atoms with Crippen molar-refractivity contribution in [1.82, 2.24) is 0 Å². The third-order valence-corrected chi connectivity index (χ3v) is 4.94. The van der Waals surface area contributed by atoms with Gasteiger partial charge in [-0.3, -0.25) is 0 Å². The fraction of sp³-hybridized carbons (Fsp3) is 0.625. The maximum absolute atomic E-state index is 6.50. The topological polar surface area (TPSA) is 26.0 Å². The second-order valence-electron chi connectivity index (χ2n) is 5.65. The van der Waals surface area contributed by atoms with E-state index in [1.54, 1.807) is 0 Å². The van der Waals surface area contributed by atoms with Crippen LogP contribution in [0, 0.1) is 18.8 Å². The molecule has 2 N–H and O–H groups in total. The van der Waals surface area contributed by atoms with Gasteiger partial charge in [0.25, 0.3) is 0 Å². The Hall–Kier alpha value is -0.530. The number of hydrogen-bond donors (Lipinski definition) is 1. The van der Waals surface area contributed by atoms with Gasteiger partial charge in [0.15, 0.2) is 0 Å². The molecule has 2 heteroatoms. The molecule has 0 saturated heterocycles. The molecule has 1 aromatic rings. The van der Waals surface area contributed by atoms with E-state index in [4.69, 9.17) is 17.3 Å². The lowest BCUT2D eigenvalue weighted by atomic mass is 9.72. The molecule has 3 unspecified atom stereocenters. The number of halogens is 1. The molecule has 1 aliphatic rings. The Bertz CT molecular complexity index is 402. The first-order valence-corrected chi connectivity index (χ1v) is 7.53. The summed E-state index contributed by atoms with van der Waals surface area (Å²) in [6.45, 7) is 4.32. The summed E-state index contributed by atoms with van der Waals surface area (Å²) in [4.78, 5) is 0. The summed E-state index contributed by atoms with van der Waals surface area (Å²) in [5.74, 6) is 1.41. The highest BCUT2D eigenvalue weighted by molar-refractivity contribution is 6.31. The molecule has 0 bridgehead atoms. The zero-order valence-electron chi connectivity index (χ0n) is 11.5. The fourth-order valence-electron chi connectivity index (χ4n) is 3.28. The van der Waals surface area contributed by atoms with Gasteiger partial charge in [0, 0.05) is 11.1 Å². The molecule has 0 amide bonds. The van der Waals surface area contributed by atoms with Crippen molar-refractivity contribution in [1.29, 1.82) is 0 Å². The Balaban J connectivity index is 2.18. The monoisotopic (exact) mass is 265 g/mol. The van der Waals surface area contributed by atoms with Crippen molar-refractivity contribution >= 4 is 11.6 Å². The van der Waals surface area contributed by atoms with E-state index in [1.165, 1.54) is 37.7 Å². The summed E-state index contributed by atoms with van der Waals surface area (Å²) in [5.41, 5.74) is 8.83. The van der Waals surface area contributed by atoms with Crippen molar-refractivity contribution in [2.45, 2.75) is 52.0 Å². The van der Waals surface area contributed by atoms with Gasteiger partial charge in [-0.1, -0.05) is 56.3 Å². The summed E-state index contributed by atoms with van der Waals surface area (Å²) < 4.78 is 0. The van der Waals surface area contributed by atoms with Gasteiger partial charge >= 0.3 is 0 Å². The van der Waals surface area contributed by atoms with Crippen LogP contribution < -0.4 is 5.73 Å². The molecular formula is C16H24ClN. The van der Waals surface area contributed by atoms with Crippen molar-refractivity contribution < 1.29 is 0 Å². The molecular weight excluding hydrogens is 242 g/mol. The standard InChI is InChI=1S/C16H24ClN/c1-3-12-6-4-5-7-14(12)16(18)13-9-8-11(2)15(17)10-13/h8-10,12,14,16H,3-7,18H2,1-2H3. The molecule has 1 saturated carbocycles. The molecule has 1 nitrogen and oxygen atoms in total. The van der Waals surface area contributed by atoms with Gasteiger partial charge < -0.3 is 5.73 Å². The SMILES string of the molecule is CCC1CCCCC1C(N)c1ccc(C)c(Cl)c1. The highest BCUT2D eigenvalue weighted by atomic mass is 35.5. The van der Waals surface area contributed by atoms with Crippen LogP contribution in [0.25, 0.3) is 0 Å². The second-order valence-corrected chi connectivity index (χ2v) is 6.06. The normalized spacial score (nSPS) is 26.0. The lowest BCUT2D eigenvalue weighted by molar-refractivity contribution is 0.196. The largest absolute Gasteiger partial charge is 0.324 e. The maximum Gasteiger partial charge on any atom is 0.0438 e. The average molecular weight is 266 g/mol. The molecule has 3 atom stereocenters. The van der Waals surface area contributed by atoms with Gasteiger partial charge in [0.1, 0.15) is 0 Å². The summed E-state index contributed by atoms with van der Waals surface area (Å²) >= 11 is 6.21. The summed E-state index contributed by atoms with van der Waals surface area (Å²) in [5, 5.41) is 0.840. The Kier molecular flexibility index (Phi) is 4.69. The fourth-order valence-corrected chi connectivity index (χ4v) is 3.47. The Morgan fingerprint density at radius 2 is 2.06 bits per heavy atom. The van der Waals surface area contributed by atoms with E-state index in [2.05, 4.69) is 25.1 Å². The summed E-state index contributed by atoms with van der Waals surface area (Å²) in [6.07, 6.45) is 6.56. The first-order valence-electron chi connectivity index (χ1n) is 7.15. The molecule has 100 valence electrons. The first-order chi connectivity index (χ1) is 8.63. The molecule has 0 aliphatic heterocycles. The van der Waals surface area contributed by atoms with E-state index in [-0.39, 0.29) is 6.04 Å². The molecule has 0 aromatic heterocycles. The number of benzene rings is 1. The zero-order valence-corrected chi connectivity index (χ0v) is 12.2. The highest BCUT2D eigenvalue weighted by Gasteiger charge is 2.29. The van der Waals surface area contributed by atoms with E-state index < -0.39 is 0 Å². The number of rotatable bonds is 3. The Morgan fingerprint density at radius 1 is 1.33 bits per heavy atom. The lowest BCUT2D eigenvalue weighted by Crippen LogP contribution is -2.30. The Morgan fingerprint density at radius 3 is 2.72 bits per heavy atom. The summed E-state index contributed by atoms with van der Waals surface area (Å²) in [7, 11) is 0. The molecule has 2 rings (SSSR count). The Labute approximate surface area is 116 Å². The van der Waals surface area contributed by atoms with E-state index in [0.717, 1.165) is 16.5 Å². The van der Waals surface area contributed by atoms with Gasteiger partial charge in [-0.05, 0) is 42.4 Å². The van der Waals surface area contributed by atoms with Crippen molar-refractivity contribution in [3.63, 3.8) is 0 Å². The molecule has 18 heavy (non-hydrogen) atoms. The second kappa shape index (κ2) is 6.08. The van der Waals surface area contributed by atoms with Gasteiger partial charge in [-0.25, -0.2) is 0 Å². The predicted molar refractivity (Wildman–Crippen MR) is 78.9 cm³/mol. The minimum absolute atomic E-state index is 0.147. The average Bonchev–Trinajstić information content (AvgIpc) is 2.41.